The van der Waals surface area contributed by atoms with Gasteiger partial charge in [0.1, 0.15) is 5.82 Å². The number of alkyl halides is 3. The molecule has 30 heavy (non-hydrogen) atoms. The normalized spacial score (nSPS) is 11.3. The minimum atomic E-state index is -4.41. The van der Waals surface area contributed by atoms with Gasteiger partial charge in [0, 0.05) is 30.5 Å². The van der Waals surface area contributed by atoms with E-state index in [-0.39, 0.29) is 31.1 Å². The molecular formula is C23H20F4N2O. The number of carbonyl (C=O) groups is 1. The Labute approximate surface area is 171 Å². The van der Waals surface area contributed by atoms with Crippen molar-refractivity contribution < 1.29 is 22.4 Å². The summed E-state index contributed by atoms with van der Waals surface area (Å²) < 4.78 is 54.2. The van der Waals surface area contributed by atoms with E-state index in [0.29, 0.717) is 5.56 Å². The lowest BCUT2D eigenvalue weighted by atomic mass is 10.1. The van der Waals surface area contributed by atoms with E-state index >= 15 is 0 Å². The van der Waals surface area contributed by atoms with Crippen molar-refractivity contribution in [2.45, 2.75) is 19.3 Å². The predicted molar refractivity (Wildman–Crippen MR) is 106 cm³/mol. The Balaban J connectivity index is 1.81. The molecule has 0 radical (unpaired) electrons. The van der Waals surface area contributed by atoms with Gasteiger partial charge in [0.2, 0.25) is 0 Å². The maximum atomic E-state index is 13.5. The van der Waals surface area contributed by atoms with E-state index in [1.807, 2.05) is 0 Å². The van der Waals surface area contributed by atoms with Crippen LogP contribution in [0.5, 0.6) is 0 Å². The molecule has 0 N–H and O–H groups in total. The van der Waals surface area contributed by atoms with E-state index < -0.39 is 17.6 Å². The fourth-order valence-corrected chi connectivity index (χ4v) is 3.16. The SMILES string of the molecule is C=CCN(Cc1cccn1Cc1cccc(C(F)(F)F)c1)C(=O)c1cccc(F)c1. The standard InChI is InChI=1S/C23H20F4N2O/c1-2-11-29(22(30)18-7-4-9-20(24)14-18)16-21-10-5-12-28(21)15-17-6-3-8-19(13-17)23(25,26)27/h2-10,12-14H,1,11,15-16H2. The third-order valence-electron chi connectivity index (χ3n) is 4.59. The van der Waals surface area contributed by atoms with Crippen LogP contribution >= 0.6 is 0 Å². The zero-order valence-corrected chi connectivity index (χ0v) is 16.1. The van der Waals surface area contributed by atoms with Crippen molar-refractivity contribution in [3.8, 4) is 0 Å². The van der Waals surface area contributed by atoms with Crippen LogP contribution in [-0.4, -0.2) is 21.9 Å². The first-order valence-electron chi connectivity index (χ1n) is 9.24. The summed E-state index contributed by atoms with van der Waals surface area (Å²) in [6, 6.07) is 14.1. The highest BCUT2D eigenvalue weighted by atomic mass is 19.4. The van der Waals surface area contributed by atoms with E-state index in [1.54, 1.807) is 35.0 Å². The number of nitrogens with zero attached hydrogens (tertiary/aromatic N) is 2. The van der Waals surface area contributed by atoms with Gasteiger partial charge in [0.15, 0.2) is 0 Å². The first-order chi connectivity index (χ1) is 14.3. The second-order valence-corrected chi connectivity index (χ2v) is 6.81. The molecule has 0 aliphatic carbocycles. The highest BCUT2D eigenvalue weighted by Gasteiger charge is 2.30. The van der Waals surface area contributed by atoms with Crippen molar-refractivity contribution in [3.63, 3.8) is 0 Å². The molecule has 2 aromatic carbocycles. The zero-order valence-electron chi connectivity index (χ0n) is 16.1. The Morgan fingerprint density at radius 2 is 1.83 bits per heavy atom. The van der Waals surface area contributed by atoms with Gasteiger partial charge in [-0.15, -0.1) is 6.58 Å². The van der Waals surface area contributed by atoms with Crippen LogP contribution in [0.4, 0.5) is 17.6 Å². The van der Waals surface area contributed by atoms with Gasteiger partial charge in [-0.1, -0.05) is 24.3 Å². The number of hydrogen-bond acceptors (Lipinski definition) is 1. The molecule has 0 saturated heterocycles. The molecular weight excluding hydrogens is 396 g/mol. The fourth-order valence-electron chi connectivity index (χ4n) is 3.16. The topological polar surface area (TPSA) is 25.2 Å². The Morgan fingerprint density at radius 3 is 2.53 bits per heavy atom. The van der Waals surface area contributed by atoms with Gasteiger partial charge in [-0.2, -0.15) is 13.2 Å². The first kappa shape index (κ1) is 21.4. The van der Waals surface area contributed by atoms with Crippen LogP contribution in [0.3, 0.4) is 0 Å². The smallest absolute Gasteiger partial charge is 0.345 e. The zero-order chi connectivity index (χ0) is 21.7. The van der Waals surface area contributed by atoms with E-state index in [0.717, 1.165) is 17.8 Å². The van der Waals surface area contributed by atoms with Crippen LogP contribution in [0.25, 0.3) is 0 Å². The van der Waals surface area contributed by atoms with Crippen molar-refractivity contribution in [2.24, 2.45) is 0 Å². The molecule has 3 nitrogen and oxygen atoms in total. The molecule has 1 aromatic heterocycles. The van der Waals surface area contributed by atoms with Gasteiger partial charge in [-0.25, -0.2) is 4.39 Å². The highest BCUT2D eigenvalue weighted by molar-refractivity contribution is 5.94. The average molecular weight is 416 g/mol. The maximum Gasteiger partial charge on any atom is 0.416 e. The average Bonchev–Trinajstić information content (AvgIpc) is 3.13. The van der Waals surface area contributed by atoms with E-state index in [4.69, 9.17) is 0 Å². The molecule has 1 amide bonds. The fraction of sp³-hybridized carbons (Fsp3) is 0.174. The third kappa shape index (κ3) is 5.17. The van der Waals surface area contributed by atoms with Gasteiger partial charge >= 0.3 is 6.18 Å². The second kappa shape index (κ2) is 8.98. The molecule has 0 spiro atoms. The van der Waals surface area contributed by atoms with Gasteiger partial charge in [-0.05, 0) is 48.0 Å². The molecule has 0 atom stereocenters. The molecule has 3 rings (SSSR count). The summed E-state index contributed by atoms with van der Waals surface area (Å²) in [5, 5.41) is 0. The monoisotopic (exact) mass is 416 g/mol. The van der Waals surface area contributed by atoms with Crippen molar-refractivity contribution in [2.75, 3.05) is 6.54 Å². The summed E-state index contributed by atoms with van der Waals surface area (Å²) in [7, 11) is 0. The lowest BCUT2D eigenvalue weighted by Gasteiger charge is -2.22. The van der Waals surface area contributed by atoms with E-state index in [2.05, 4.69) is 6.58 Å². The number of aromatic nitrogens is 1. The Kier molecular flexibility index (Phi) is 6.40. The van der Waals surface area contributed by atoms with Gasteiger partial charge < -0.3 is 9.47 Å². The summed E-state index contributed by atoms with van der Waals surface area (Å²) in [5.41, 5.74) is 0.740. The molecule has 156 valence electrons. The van der Waals surface area contributed by atoms with Crippen LogP contribution in [0.1, 0.15) is 27.2 Å². The summed E-state index contributed by atoms with van der Waals surface area (Å²) in [5.74, 6) is -0.867. The summed E-state index contributed by atoms with van der Waals surface area (Å²) >= 11 is 0. The van der Waals surface area contributed by atoms with E-state index in [1.165, 1.54) is 35.2 Å². The Morgan fingerprint density at radius 1 is 1.07 bits per heavy atom. The van der Waals surface area contributed by atoms with Crippen LogP contribution in [0, 0.1) is 5.82 Å². The maximum absolute atomic E-state index is 13.5. The van der Waals surface area contributed by atoms with Gasteiger partial charge in [-0.3, -0.25) is 4.79 Å². The van der Waals surface area contributed by atoms with Crippen molar-refractivity contribution in [1.29, 1.82) is 0 Å². The van der Waals surface area contributed by atoms with Crippen LogP contribution in [-0.2, 0) is 19.3 Å². The van der Waals surface area contributed by atoms with Gasteiger partial charge in [0.05, 0.1) is 12.1 Å². The highest BCUT2D eigenvalue weighted by Crippen LogP contribution is 2.29. The number of benzene rings is 2. The molecule has 3 aromatic rings. The molecule has 0 bridgehead atoms. The quantitative estimate of drug-likeness (QED) is 0.368. The molecule has 0 unspecified atom stereocenters. The Hall–Kier alpha value is -3.35. The number of carbonyl (C=O) groups excluding carboxylic acids is 1. The predicted octanol–water partition coefficient (Wildman–Crippen LogP) is 5.52. The summed E-state index contributed by atoms with van der Waals surface area (Å²) in [6.45, 7) is 4.33. The molecule has 7 heteroatoms. The third-order valence-corrected chi connectivity index (χ3v) is 4.59. The molecule has 1 heterocycles. The van der Waals surface area contributed by atoms with Crippen molar-refractivity contribution in [1.82, 2.24) is 9.47 Å². The lowest BCUT2D eigenvalue weighted by Crippen LogP contribution is -2.31. The summed E-state index contributed by atoms with van der Waals surface area (Å²) in [4.78, 5) is 14.3. The number of amides is 1. The second-order valence-electron chi connectivity index (χ2n) is 6.81. The lowest BCUT2D eigenvalue weighted by molar-refractivity contribution is -0.137. The Bertz CT molecular complexity index is 1040. The van der Waals surface area contributed by atoms with E-state index in [9.17, 15) is 22.4 Å². The molecule has 0 aliphatic heterocycles. The van der Waals surface area contributed by atoms with Crippen LogP contribution in [0.15, 0.2) is 79.5 Å². The largest absolute Gasteiger partial charge is 0.416 e. The minimum absolute atomic E-state index is 0.202. The van der Waals surface area contributed by atoms with Crippen LogP contribution < -0.4 is 0 Å². The number of hydrogen-bond donors (Lipinski definition) is 0. The minimum Gasteiger partial charge on any atom is -0.345 e. The van der Waals surface area contributed by atoms with Crippen LogP contribution in [0.2, 0.25) is 0 Å². The van der Waals surface area contributed by atoms with Crippen molar-refractivity contribution >= 4 is 5.91 Å². The number of rotatable bonds is 7. The van der Waals surface area contributed by atoms with Gasteiger partial charge in [0.25, 0.3) is 5.91 Å². The molecule has 0 fully saturated rings. The first-order valence-corrected chi connectivity index (χ1v) is 9.24. The van der Waals surface area contributed by atoms with Crippen molar-refractivity contribution in [3.05, 3.63) is 108 Å². The number of halogens is 4. The molecule has 0 aliphatic rings. The summed E-state index contributed by atoms with van der Waals surface area (Å²) in [6.07, 6.45) is -1.10. The molecule has 0 saturated carbocycles.